The first-order valence-corrected chi connectivity index (χ1v) is 9.14. The number of rotatable bonds is 4. The van der Waals surface area contributed by atoms with E-state index in [2.05, 4.69) is 5.10 Å². The van der Waals surface area contributed by atoms with Gasteiger partial charge < -0.3 is 10.0 Å². The van der Waals surface area contributed by atoms with Crippen LogP contribution in [0, 0.1) is 11.8 Å². The van der Waals surface area contributed by atoms with Crippen molar-refractivity contribution in [2.45, 2.75) is 31.3 Å². The second kappa shape index (κ2) is 6.64. The molecule has 4 rings (SSSR count). The summed E-state index contributed by atoms with van der Waals surface area (Å²) >= 11 is 0. The number of aromatic nitrogens is 2. The highest BCUT2D eigenvalue weighted by Crippen LogP contribution is 2.48. The molecule has 2 aromatic rings. The average Bonchev–Trinajstić information content (AvgIpc) is 3.35. The Morgan fingerprint density at radius 1 is 1.24 bits per heavy atom. The molecule has 132 valence electrons. The van der Waals surface area contributed by atoms with E-state index in [-0.39, 0.29) is 17.7 Å². The van der Waals surface area contributed by atoms with Crippen LogP contribution in [0.3, 0.4) is 0 Å². The van der Waals surface area contributed by atoms with Crippen molar-refractivity contribution in [1.29, 1.82) is 0 Å². The highest BCUT2D eigenvalue weighted by atomic mass is 16.3. The van der Waals surface area contributed by atoms with Gasteiger partial charge in [-0.2, -0.15) is 5.10 Å². The number of piperidine rings is 1. The molecule has 1 aliphatic heterocycles. The Balaban J connectivity index is 1.31. The van der Waals surface area contributed by atoms with Crippen LogP contribution < -0.4 is 0 Å². The molecule has 1 N–H and O–H groups in total. The molecular weight excluding hydrogens is 314 g/mol. The largest absolute Gasteiger partial charge is 0.388 e. The van der Waals surface area contributed by atoms with Crippen molar-refractivity contribution in [1.82, 2.24) is 14.7 Å². The van der Waals surface area contributed by atoms with Gasteiger partial charge in [0.15, 0.2) is 0 Å². The Kier molecular flexibility index (Phi) is 4.34. The van der Waals surface area contributed by atoms with Gasteiger partial charge in [-0.05, 0) is 42.2 Å². The van der Waals surface area contributed by atoms with Gasteiger partial charge in [0.05, 0.1) is 12.3 Å². The number of carbonyl (C=O) groups is 1. The number of carbonyl (C=O) groups excluding carboxylic acids is 1. The zero-order valence-corrected chi connectivity index (χ0v) is 14.6. The van der Waals surface area contributed by atoms with Crippen LogP contribution in [0.25, 0.3) is 0 Å². The molecule has 5 heteroatoms. The summed E-state index contributed by atoms with van der Waals surface area (Å²) in [7, 11) is 1.91. The number of aliphatic hydroxyl groups is 1. The Morgan fingerprint density at radius 3 is 2.60 bits per heavy atom. The first kappa shape index (κ1) is 16.3. The van der Waals surface area contributed by atoms with E-state index >= 15 is 0 Å². The molecule has 1 amide bonds. The van der Waals surface area contributed by atoms with E-state index in [9.17, 15) is 9.90 Å². The van der Waals surface area contributed by atoms with Crippen molar-refractivity contribution in [3.8, 4) is 0 Å². The molecule has 0 radical (unpaired) electrons. The van der Waals surface area contributed by atoms with Gasteiger partial charge in [0.2, 0.25) is 5.91 Å². The third kappa shape index (κ3) is 3.33. The lowest BCUT2D eigenvalue weighted by atomic mass is 9.87. The fourth-order valence-corrected chi connectivity index (χ4v) is 4.06. The number of aryl methyl sites for hydroxylation is 1. The summed E-state index contributed by atoms with van der Waals surface area (Å²) in [4.78, 5) is 14.7. The van der Waals surface area contributed by atoms with E-state index in [0.717, 1.165) is 37.9 Å². The minimum atomic E-state index is -0.428. The molecule has 2 heterocycles. The number of benzene rings is 1. The van der Waals surface area contributed by atoms with Crippen LogP contribution in [0.1, 0.15) is 42.4 Å². The molecule has 1 saturated carbocycles. The summed E-state index contributed by atoms with van der Waals surface area (Å²) in [5.41, 5.74) is 2.15. The van der Waals surface area contributed by atoms with Gasteiger partial charge in [-0.3, -0.25) is 9.48 Å². The Bertz CT molecular complexity index is 734. The maximum atomic E-state index is 12.7. The predicted octanol–water partition coefficient (Wildman–Crippen LogP) is 2.50. The highest BCUT2D eigenvalue weighted by molar-refractivity contribution is 5.83. The molecular formula is C20H25N3O2. The SMILES string of the molecule is Cn1cc([C@@H]2C[C@@H]2C(=O)N2CCC([C@H](O)c3ccccc3)CC2)cn1. The van der Waals surface area contributed by atoms with Gasteiger partial charge in [-0.25, -0.2) is 0 Å². The van der Waals surface area contributed by atoms with Crippen LogP contribution in [0.5, 0.6) is 0 Å². The van der Waals surface area contributed by atoms with E-state index in [1.807, 2.05) is 54.7 Å². The topological polar surface area (TPSA) is 58.4 Å². The lowest BCUT2D eigenvalue weighted by molar-refractivity contribution is -0.134. The smallest absolute Gasteiger partial charge is 0.226 e. The zero-order valence-electron chi connectivity index (χ0n) is 14.6. The molecule has 0 unspecified atom stereocenters. The van der Waals surface area contributed by atoms with Crippen molar-refractivity contribution in [3.05, 3.63) is 53.9 Å². The summed E-state index contributed by atoms with van der Waals surface area (Å²) in [5, 5.41) is 14.8. The predicted molar refractivity (Wildman–Crippen MR) is 94.8 cm³/mol. The average molecular weight is 339 g/mol. The number of hydrogen-bond donors (Lipinski definition) is 1. The third-order valence-corrected chi connectivity index (χ3v) is 5.70. The van der Waals surface area contributed by atoms with Crippen LogP contribution in [-0.4, -0.2) is 38.8 Å². The minimum absolute atomic E-state index is 0.125. The lowest BCUT2D eigenvalue weighted by Crippen LogP contribution is -2.40. The van der Waals surface area contributed by atoms with Gasteiger partial charge in [0, 0.05) is 32.3 Å². The fourth-order valence-electron chi connectivity index (χ4n) is 4.06. The Morgan fingerprint density at radius 2 is 1.96 bits per heavy atom. The second-order valence-corrected chi connectivity index (χ2v) is 7.41. The van der Waals surface area contributed by atoms with Crippen molar-refractivity contribution < 1.29 is 9.90 Å². The first-order chi connectivity index (χ1) is 12.1. The molecule has 1 aromatic carbocycles. The van der Waals surface area contributed by atoms with Gasteiger partial charge >= 0.3 is 0 Å². The van der Waals surface area contributed by atoms with Gasteiger partial charge in [0.25, 0.3) is 0 Å². The quantitative estimate of drug-likeness (QED) is 0.931. The lowest BCUT2D eigenvalue weighted by Gasteiger charge is -2.34. The normalized spacial score (nSPS) is 25.0. The maximum absolute atomic E-state index is 12.7. The van der Waals surface area contributed by atoms with E-state index < -0.39 is 6.10 Å². The van der Waals surface area contributed by atoms with Crippen molar-refractivity contribution in [3.63, 3.8) is 0 Å². The molecule has 25 heavy (non-hydrogen) atoms. The molecule has 1 aromatic heterocycles. The monoisotopic (exact) mass is 339 g/mol. The van der Waals surface area contributed by atoms with Crippen molar-refractivity contribution in [2.24, 2.45) is 18.9 Å². The number of aliphatic hydroxyl groups excluding tert-OH is 1. The van der Waals surface area contributed by atoms with E-state index in [4.69, 9.17) is 0 Å². The summed E-state index contributed by atoms with van der Waals surface area (Å²) in [6.45, 7) is 1.51. The number of hydrogen-bond acceptors (Lipinski definition) is 3. The summed E-state index contributed by atoms with van der Waals surface area (Å²) in [5.74, 6) is 0.981. The van der Waals surface area contributed by atoms with Crippen LogP contribution in [0.4, 0.5) is 0 Å². The van der Waals surface area contributed by atoms with E-state index in [0.29, 0.717) is 5.92 Å². The van der Waals surface area contributed by atoms with Crippen molar-refractivity contribution in [2.75, 3.05) is 13.1 Å². The van der Waals surface area contributed by atoms with E-state index in [1.54, 1.807) is 4.68 Å². The fraction of sp³-hybridized carbons (Fsp3) is 0.500. The van der Waals surface area contributed by atoms with Crippen LogP contribution in [0.15, 0.2) is 42.7 Å². The maximum Gasteiger partial charge on any atom is 0.226 e. The summed E-state index contributed by atoms with van der Waals surface area (Å²) < 4.78 is 1.80. The number of likely N-dealkylation sites (tertiary alicyclic amines) is 1. The molecule has 0 spiro atoms. The molecule has 0 bridgehead atoms. The molecule has 3 atom stereocenters. The van der Waals surface area contributed by atoms with Gasteiger partial charge in [-0.1, -0.05) is 30.3 Å². The highest BCUT2D eigenvalue weighted by Gasteiger charge is 2.46. The number of amides is 1. The Labute approximate surface area is 148 Å². The number of nitrogens with zero attached hydrogens (tertiary/aromatic N) is 3. The third-order valence-electron chi connectivity index (χ3n) is 5.70. The van der Waals surface area contributed by atoms with Gasteiger partial charge in [0.1, 0.15) is 0 Å². The van der Waals surface area contributed by atoms with Crippen LogP contribution in [-0.2, 0) is 11.8 Å². The second-order valence-electron chi connectivity index (χ2n) is 7.41. The minimum Gasteiger partial charge on any atom is -0.388 e. The van der Waals surface area contributed by atoms with E-state index in [1.165, 1.54) is 5.56 Å². The van der Waals surface area contributed by atoms with Crippen LogP contribution in [0.2, 0.25) is 0 Å². The van der Waals surface area contributed by atoms with Gasteiger partial charge in [-0.15, -0.1) is 0 Å². The molecule has 1 saturated heterocycles. The summed E-state index contributed by atoms with van der Waals surface area (Å²) in [6, 6.07) is 9.84. The zero-order chi connectivity index (χ0) is 17.4. The van der Waals surface area contributed by atoms with Crippen LogP contribution >= 0.6 is 0 Å². The Hall–Kier alpha value is -2.14. The molecule has 5 nitrogen and oxygen atoms in total. The molecule has 2 fully saturated rings. The van der Waals surface area contributed by atoms with Crippen molar-refractivity contribution >= 4 is 5.91 Å². The molecule has 2 aliphatic rings. The molecule has 1 aliphatic carbocycles. The summed E-state index contributed by atoms with van der Waals surface area (Å²) in [6.07, 6.45) is 6.14. The standard InChI is InChI=1S/C20H25N3O2/c1-22-13-16(12-21-22)17-11-18(17)20(25)23-9-7-15(8-10-23)19(24)14-5-3-2-4-6-14/h2-6,12-13,15,17-19,24H,7-11H2,1H3/t17-,18-,19+/m0/s1. The first-order valence-electron chi connectivity index (χ1n) is 9.14.